The number of ether oxygens (including phenoxy) is 5. The zero-order valence-electron chi connectivity index (χ0n) is 33.9. The van der Waals surface area contributed by atoms with Crippen molar-refractivity contribution >= 4 is 29.8 Å². The molecule has 22 nitrogen and oxygen atoms in total. The summed E-state index contributed by atoms with van der Waals surface area (Å²) in [4.78, 5) is 34.3. The van der Waals surface area contributed by atoms with Gasteiger partial charge in [0.2, 0.25) is 18.1 Å². The smallest absolute Gasteiger partial charge is 0.243 e. The Morgan fingerprint density at radius 1 is 0.726 bits per heavy atom. The maximum atomic E-state index is 13.9. The molecule has 2 aromatic rings. The molecular formula is C40H58N8O14. The van der Waals surface area contributed by atoms with E-state index in [1.54, 1.807) is 48.5 Å². The highest BCUT2D eigenvalue weighted by atomic mass is 16.7. The van der Waals surface area contributed by atoms with Crippen LogP contribution >= 0.6 is 0 Å². The third kappa shape index (κ3) is 12.5. The second-order valence-electron chi connectivity index (χ2n) is 14.9. The number of nitrogens with one attached hydrogen (secondary N) is 2. The van der Waals surface area contributed by atoms with Crippen LogP contribution in [0.2, 0.25) is 0 Å². The van der Waals surface area contributed by atoms with E-state index in [1.807, 2.05) is 0 Å². The van der Waals surface area contributed by atoms with Gasteiger partial charge in [0.05, 0.1) is 13.2 Å². The zero-order valence-corrected chi connectivity index (χ0v) is 33.9. The van der Waals surface area contributed by atoms with Gasteiger partial charge in [0.1, 0.15) is 72.4 Å². The number of nitrogens with zero attached hydrogens (tertiary/aromatic N) is 2. The minimum absolute atomic E-state index is 0.0159. The molecule has 0 saturated carbocycles. The minimum atomic E-state index is -1.81. The van der Waals surface area contributed by atoms with E-state index < -0.39 is 86.6 Å². The van der Waals surface area contributed by atoms with Gasteiger partial charge in [-0.2, -0.15) is 0 Å². The number of carbonyl (C=O) groups excluding carboxylic acids is 2. The molecule has 0 bridgehead atoms. The molecule has 0 radical (unpaired) electrons. The molecular weight excluding hydrogens is 816 g/mol. The van der Waals surface area contributed by atoms with E-state index in [4.69, 9.17) is 46.6 Å². The molecule has 3 aliphatic heterocycles. The van der Waals surface area contributed by atoms with Gasteiger partial charge in [-0.05, 0) is 67.2 Å². The van der Waals surface area contributed by atoms with Crippen molar-refractivity contribution in [3.8, 4) is 11.5 Å². The number of aliphatic imine (C=N–C) groups is 2. The van der Waals surface area contributed by atoms with Gasteiger partial charge in [0.25, 0.3) is 0 Å². The summed E-state index contributed by atoms with van der Waals surface area (Å²) in [6.07, 6.45) is -11.2. The van der Waals surface area contributed by atoms with Gasteiger partial charge in [-0.1, -0.05) is 18.2 Å². The van der Waals surface area contributed by atoms with Crippen LogP contribution in [0.1, 0.15) is 54.4 Å². The van der Waals surface area contributed by atoms with Crippen molar-refractivity contribution in [2.24, 2.45) is 32.9 Å². The van der Waals surface area contributed by atoms with Crippen LogP contribution in [0.25, 0.3) is 6.08 Å². The highest BCUT2D eigenvalue weighted by molar-refractivity contribution is 5.92. The second kappa shape index (κ2) is 22.8. The maximum absolute atomic E-state index is 13.9. The van der Waals surface area contributed by atoms with Gasteiger partial charge in [-0.25, -0.2) is 0 Å². The van der Waals surface area contributed by atoms with Crippen molar-refractivity contribution in [1.82, 2.24) is 10.6 Å². The quantitative estimate of drug-likeness (QED) is 0.0263. The van der Waals surface area contributed by atoms with Crippen LogP contribution in [0.5, 0.6) is 11.5 Å². The van der Waals surface area contributed by atoms with E-state index in [0.29, 0.717) is 74.3 Å². The first kappa shape index (κ1) is 47.9. The molecule has 5 rings (SSSR count). The van der Waals surface area contributed by atoms with Gasteiger partial charge in [0.15, 0.2) is 18.2 Å². The average molecular weight is 875 g/mol. The number of nitrogens with two attached hydrogens (primary N) is 4. The number of aliphatic hydroxyl groups excluding tert-OH is 7. The van der Waals surface area contributed by atoms with Gasteiger partial charge >= 0.3 is 0 Å². The molecule has 0 unspecified atom stereocenters. The fourth-order valence-corrected chi connectivity index (χ4v) is 7.10. The van der Waals surface area contributed by atoms with Crippen molar-refractivity contribution in [2.45, 2.75) is 99.1 Å². The Morgan fingerprint density at radius 3 is 1.97 bits per heavy atom. The molecule has 2 saturated heterocycles. The lowest BCUT2D eigenvalue weighted by Crippen LogP contribution is -2.65. The first-order valence-corrected chi connectivity index (χ1v) is 20.2. The molecule has 3 heterocycles. The average Bonchev–Trinajstić information content (AvgIpc) is 3.64. The second-order valence-corrected chi connectivity index (χ2v) is 14.9. The normalized spacial score (nSPS) is 29.3. The summed E-state index contributed by atoms with van der Waals surface area (Å²) >= 11 is 0. The number of hydrogen-bond donors (Lipinski definition) is 13. The molecule has 0 aliphatic carbocycles. The van der Waals surface area contributed by atoms with Crippen molar-refractivity contribution in [3.05, 3.63) is 65.2 Å². The number of rotatable bonds is 20. The predicted octanol–water partition coefficient (Wildman–Crippen LogP) is -3.74. The van der Waals surface area contributed by atoms with Crippen molar-refractivity contribution in [1.29, 1.82) is 0 Å². The van der Waals surface area contributed by atoms with Crippen LogP contribution in [-0.2, 0) is 23.8 Å². The monoisotopic (exact) mass is 874 g/mol. The van der Waals surface area contributed by atoms with Crippen molar-refractivity contribution in [2.75, 3.05) is 39.4 Å². The van der Waals surface area contributed by atoms with Crippen LogP contribution in [0.3, 0.4) is 0 Å². The first-order chi connectivity index (χ1) is 29.7. The predicted molar refractivity (Wildman–Crippen MR) is 221 cm³/mol. The lowest BCUT2D eigenvalue weighted by Gasteiger charge is -2.45. The number of carbonyl (C=O) groups is 2. The Hall–Kier alpha value is -5.14. The summed E-state index contributed by atoms with van der Waals surface area (Å²) in [6.45, 7) is 0.185. The van der Waals surface area contributed by atoms with Gasteiger partial charge in [-0.15, -0.1) is 0 Å². The van der Waals surface area contributed by atoms with Crippen LogP contribution in [0.4, 0.5) is 0 Å². The van der Waals surface area contributed by atoms with Gasteiger partial charge in [-0.3, -0.25) is 19.6 Å². The standard InChI is InChI=1S/C40H58N8O14/c41-39(42)47-15-3-1-13-45-27(51)12-6-20-5-11-24-23(17-20)28(36(57)46-14-2-4-16-48-40(43)44)34(59-24)21-7-9-22(10-8-21)58-37-33(56)31(54)35(26(19-50)61-37)62-38-32(55)30(53)29(52)25(18-49)60-38/h5-12,17,25-26,28-35,37-38,49-50,52-56H,1-4,13-16,18-19H2,(H,45,51)(H,46,57)(H4,41,42,47)(H4,43,44,48)/b12-6-/t25-,26-,28-,29-,30+,31-,32-,33-,34-,35-,37-,38-/m1/s1. The largest absolute Gasteiger partial charge is 0.484 e. The van der Waals surface area contributed by atoms with E-state index in [0.717, 1.165) is 0 Å². The van der Waals surface area contributed by atoms with E-state index in [9.17, 15) is 45.3 Å². The Kier molecular flexibility index (Phi) is 17.6. The molecule has 12 atom stereocenters. The third-order valence-electron chi connectivity index (χ3n) is 10.4. The summed E-state index contributed by atoms with van der Waals surface area (Å²) < 4.78 is 29.0. The number of amides is 2. The van der Waals surface area contributed by atoms with Crippen molar-refractivity contribution < 1.29 is 69.0 Å². The lowest BCUT2D eigenvalue weighted by atomic mass is 9.89. The number of benzene rings is 2. The number of unbranched alkanes of at least 4 members (excludes halogenated alkanes) is 2. The summed E-state index contributed by atoms with van der Waals surface area (Å²) in [7, 11) is 0. The van der Waals surface area contributed by atoms with E-state index >= 15 is 0 Å². The molecule has 2 fully saturated rings. The summed E-state index contributed by atoms with van der Waals surface area (Å²) in [5, 5.41) is 78.1. The Balaban J connectivity index is 1.26. The van der Waals surface area contributed by atoms with Crippen molar-refractivity contribution in [3.63, 3.8) is 0 Å². The molecule has 0 aromatic heterocycles. The van der Waals surface area contributed by atoms with E-state index in [2.05, 4.69) is 20.6 Å². The number of hydrogen-bond acceptors (Lipinski definition) is 16. The molecule has 22 heteroatoms. The Morgan fingerprint density at radius 2 is 1.34 bits per heavy atom. The zero-order chi connectivity index (χ0) is 44.9. The topological polar surface area (TPSA) is 375 Å². The van der Waals surface area contributed by atoms with Crippen LogP contribution in [-0.4, -0.2) is 160 Å². The van der Waals surface area contributed by atoms with Gasteiger partial charge < -0.3 is 93.0 Å². The summed E-state index contributed by atoms with van der Waals surface area (Å²) in [5.74, 6) is -0.779. The fraction of sp³-hybridized carbons (Fsp3) is 0.550. The highest BCUT2D eigenvalue weighted by Gasteiger charge is 2.51. The number of fused-ring (bicyclic) bond motifs is 1. The summed E-state index contributed by atoms with van der Waals surface area (Å²) in [6, 6.07) is 11.7. The maximum Gasteiger partial charge on any atom is 0.243 e. The fourth-order valence-electron chi connectivity index (χ4n) is 7.10. The number of guanidine groups is 2. The Labute approximate surface area is 357 Å². The SMILES string of the molecule is NC(N)=NCCCCNC(=O)/C=C\c1ccc2c(c1)[C@@H](C(=O)NCCCCN=C(N)N)[C@@H](c1ccc(O[C@@H]3O[C@H](CO)[C@@H](O[C@H]4O[C@H](CO)[C@@H](O)[C@H](O)[C@H]4O)[C@H](O)[C@H]3O)cc1)O2. The number of aliphatic hydroxyl groups is 7. The van der Waals surface area contributed by atoms with E-state index in [1.165, 1.54) is 6.08 Å². The molecule has 3 aliphatic rings. The first-order valence-electron chi connectivity index (χ1n) is 20.2. The summed E-state index contributed by atoms with van der Waals surface area (Å²) in [5.41, 5.74) is 23.3. The lowest BCUT2D eigenvalue weighted by molar-refractivity contribution is -0.352. The van der Waals surface area contributed by atoms with Gasteiger partial charge in [0, 0.05) is 37.8 Å². The van der Waals surface area contributed by atoms with Crippen LogP contribution < -0.4 is 43.0 Å². The molecule has 17 N–H and O–H groups in total. The van der Waals surface area contributed by atoms with Crippen LogP contribution in [0.15, 0.2) is 58.5 Å². The molecule has 0 spiro atoms. The van der Waals surface area contributed by atoms with Crippen LogP contribution in [0, 0.1) is 0 Å². The molecule has 2 aromatic carbocycles. The molecule has 2 amide bonds. The Bertz CT molecular complexity index is 1860. The third-order valence-corrected chi connectivity index (χ3v) is 10.4. The highest BCUT2D eigenvalue weighted by Crippen LogP contribution is 2.47. The molecule has 62 heavy (non-hydrogen) atoms. The van der Waals surface area contributed by atoms with E-state index in [-0.39, 0.29) is 29.5 Å². The molecule has 342 valence electrons. The minimum Gasteiger partial charge on any atom is -0.484 e.